The van der Waals surface area contributed by atoms with Crippen LogP contribution in [0.25, 0.3) is 0 Å². The lowest BCUT2D eigenvalue weighted by Crippen LogP contribution is -2.53. The van der Waals surface area contributed by atoms with E-state index in [4.69, 9.17) is 4.74 Å². The largest absolute Gasteiger partial charge is 0.377 e. The van der Waals surface area contributed by atoms with E-state index in [0.717, 1.165) is 12.0 Å². The summed E-state index contributed by atoms with van der Waals surface area (Å²) in [5, 5.41) is 2.62. The van der Waals surface area contributed by atoms with Crippen molar-refractivity contribution >= 4 is 17.9 Å². The number of anilines is 1. The van der Waals surface area contributed by atoms with Gasteiger partial charge in [-0.05, 0) is 12.1 Å². The molecule has 1 unspecified atom stereocenters. The molecule has 1 aliphatic heterocycles. The summed E-state index contributed by atoms with van der Waals surface area (Å²) < 4.78 is 5.34. The third-order valence-electron chi connectivity index (χ3n) is 3.05. The maximum absolute atomic E-state index is 11.8. The molecule has 0 bridgehead atoms. The van der Waals surface area contributed by atoms with Crippen LogP contribution in [0, 0.1) is 0 Å². The van der Waals surface area contributed by atoms with Crippen LogP contribution in [0.5, 0.6) is 0 Å². The number of hydrogen-bond acceptors (Lipinski definition) is 4. The number of benzene rings is 1. The van der Waals surface area contributed by atoms with Gasteiger partial charge in [0.2, 0.25) is 5.91 Å². The third-order valence-corrected chi connectivity index (χ3v) is 3.05. The summed E-state index contributed by atoms with van der Waals surface area (Å²) in [5.41, 5.74) is 1.37. The van der Waals surface area contributed by atoms with Gasteiger partial charge in [0, 0.05) is 24.8 Å². The van der Waals surface area contributed by atoms with Gasteiger partial charge in [0.15, 0.2) is 6.29 Å². The van der Waals surface area contributed by atoms with E-state index in [1.807, 2.05) is 23.1 Å². The van der Waals surface area contributed by atoms with Crippen molar-refractivity contribution in [2.45, 2.75) is 6.04 Å². The van der Waals surface area contributed by atoms with Crippen LogP contribution in [0.15, 0.2) is 24.3 Å². The zero-order valence-electron chi connectivity index (χ0n) is 10.3. The number of carbonyl (C=O) groups excluding carboxylic acids is 2. The summed E-state index contributed by atoms with van der Waals surface area (Å²) in [4.78, 5) is 24.8. The summed E-state index contributed by atoms with van der Waals surface area (Å²) in [6.45, 7) is 1.50. The molecule has 1 amide bonds. The van der Waals surface area contributed by atoms with Gasteiger partial charge in [-0.3, -0.25) is 9.59 Å². The number of carbonyl (C=O) groups is 2. The molecule has 1 aromatic carbocycles. The van der Waals surface area contributed by atoms with Gasteiger partial charge in [0.1, 0.15) is 6.04 Å². The van der Waals surface area contributed by atoms with Gasteiger partial charge >= 0.3 is 0 Å². The Morgan fingerprint density at radius 3 is 3.00 bits per heavy atom. The fraction of sp³-hybridized carbons (Fsp3) is 0.385. The van der Waals surface area contributed by atoms with Gasteiger partial charge < -0.3 is 15.0 Å². The number of nitrogens with one attached hydrogen (secondary N) is 1. The second-order valence-corrected chi connectivity index (χ2v) is 4.08. The Hall–Kier alpha value is -1.88. The zero-order valence-corrected chi connectivity index (χ0v) is 10.3. The van der Waals surface area contributed by atoms with Crippen molar-refractivity contribution < 1.29 is 14.3 Å². The number of aldehydes is 1. The van der Waals surface area contributed by atoms with Crippen LogP contribution < -0.4 is 10.2 Å². The topological polar surface area (TPSA) is 58.6 Å². The first-order chi connectivity index (χ1) is 8.77. The minimum Gasteiger partial charge on any atom is -0.377 e. The molecule has 18 heavy (non-hydrogen) atoms. The quantitative estimate of drug-likeness (QED) is 0.789. The summed E-state index contributed by atoms with van der Waals surface area (Å²) >= 11 is 0. The number of nitrogens with zero attached hydrogens (tertiary/aromatic N) is 1. The number of amides is 1. The molecule has 2 rings (SSSR count). The molecule has 1 saturated heterocycles. The van der Waals surface area contributed by atoms with Gasteiger partial charge in [-0.2, -0.15) is 0 Å². The Morgan fingerprint density at radius 1 is 1.50 bits per heavy atom. The molecule has 0 spiro atoms. The fourth-order valence-electron chi connectivity index (χ4n) is 2.12. The molecule has 1 atom stereocenters. The Morgan fingerprint density at radius 2 is 2.28 bits per heavy atom. The van der Waals surface area contributed by atoms with Crippen molar-refractivity contribution in [1.29, 1.82) is 0 Å². The fourth-order valence-corrected chi connectivity index (χ4v) is 2.12. The average molecular weight is 248 g/mol. The molecule has 1 aromatic rings. The Labute approximate surface area is 106 Å². The van der Waals surface area contributed by atoms with E-state index in [0.29, 0.717) is 25.3 Å². The highest BCUT2D eigenvalue weighted by molar-refractivity contribution is 5.89. The Bertz CT molecular complexity index is 448. The maximum Gasteiger partial charge on any atom is 0.244 e. The standard InChI is InChI=1S/C13H16N2O3/c1-14-13(17)12-9-18-7-6-15(12)11-5-3-2-4-10(11)8-16/h2-5,8,12H,6-7,9H2,1H3,(H,14,17). The molecule has 1 N–H and O–H groups in total. The van der Waals surface area contributed by atoms with Crippen LogP contribution in [0.3, 0.4) is 0 Å². The van der Waals surface area contributed by atoms with E-state index in [-0.39, 0.29) is 11.9 Å². The van der Waals surface area contributed by atoms with E-state index < -0.39 is 0 Å². The Kier molecular flexibility index (Phi) is 3.94. The van der Waals surface area contributed by atoms with E-state index in [1.54, 1.807) is 13.1 Å². The first kappa shape index (κ1) is 12.6. The molecule has 0 saturated carbocycles. The van der Waals surface area contributed by atoms with E-state index in [2.05, 4.69) is 5.32 Å². The van der Waals surface area contributed by atoms with Gasteiger partial charge in [-0.1, -0.05) is 12.1 Å². The van der Waals surface area contributed by atoms with Crippen LogP contribution in [-0.2, 0) is 9.53 Å². The Balaban J connectivity index is 2.33. The van der Waals surface area contributed by atoms with Gasteiger partial charge in [-0.15, -0.1) is 0 Å². The van der Waals surface area contributed by atoms with Gasteiger partial charge in [0.05, 0.1) is 13.2 Å². The maximum atomic E-state index is 11.8. The highest BCUT2D eigenvalue weighted by Gasteiger charge is 2.29. The number of rotatable bonds is 3. The lowest BCUT2D eigenvalue weighted by atomic mass is 10.1. The van der Waals surface area contributed by atoms with Crippen LogP contribution >= 0.6 is 0 Å². The number of ether oxygens (including phenoxy) is 1. The molecule has 0 aromatic heterocycles. The highest BCUT2D eigenvalue weighted by Crippen LogP contribution is 2.23. The molecule has 1 fully saturated rings. The lowest BCUT2D eigenvalue weighted by Gasteiger charge is -2.36. The van der Waals surface area contributed by atoms with Crippen molar-refractivity contribution in [2.24, 2.45) is 0 Å². The second kappa shape index (κ2) is 5.64. The molecule has 5 heteroatoms. The van der Waals surface area contributed by atoms with Crippen molar-refractivity contribution in [2.75, 3.05) is 31.7 Å². The molecular formula is C13H16N2O3. The summed E-state index contributed by atoms with van der Waals surface area (Å²) in [6, 6.07) is 6.88. The summed E-state index contributed by atoms with van der Waals surface area (Å²) in [6.07, 6.45) is 0.811. The molecule has 96 valence electrons. The normalized spacial score (nSPS) is 19.4. The van der Waals surface area contributed by atoms with Crippen molar-refractivity contribution in [1.82, 2.24) is 5.32 Å². The second-order valence-electron chi connectivity index (χ2n) is 4.08. The summed E-state index contributed by atoms with van der Waals surface area (Å²) in [7, 11) is 1.60. The van der Waals surface area contributed by atoms with Crippen molar-refractivity contribution in [3.63, 3.8) is 0 Å². The van der Waals surface area contributed by atoms with Crippen molar-refractivity contribution in [3.05, 3.63) is 29.8 Å². The predicted octanol–water partition coefficient (Wildman–Crippen LogP) is 0.450. The molecule has 0 radical (unpaired) electrons. The first-order valence-electron chi connectivity index (χ1n) is 5.88. The van der Waals surface area contributed by atoms with Gasteiger partial charge in [-0.25, -0.2) is 0 Å². The zero-order chi connectivity index (χ0) is 13.0. The predicted molar refractivity (Wildman–Crippen MR) is 67.8 cm³/mol. The van der Waals surface area contributed by atoms with E-state index in [1.165, 1.54) is 0 Å². The number of para-hydroxylation sites is 1. The van der Waals surface area contributed by atoms with Gasteiger partial charge in [0.25, 0.3) is 0 Å². The third kappa shape index (κ3) is 2.36. The van der Waals surface area contributed by atoms with E-state index >= 15 is 0 Å². The molecule has 1 heterocycles. The molecular weight excluding hydrogens is 232 g/mol. The monoisotopic (exact) mass is 248 g/mol. The number of morpholine rings is 1. The van der Waals surface area contributed by atoms with E-state index in [9.17, 15) is 9.59 Å². The molecule has 1 aliphatic rings. The first-order valence-corrected chi connectivity index (χ1v) is 5.88. The minimum atomic E-state index is -0.384. The number of likely N-dealkylation sites (N-methyl/N-ethyl adjacent to an activating group) is 1. The lowest BCUT2D eigenvalue weighted by molar-refractivity contribution is -0.124. The SMILES string of the molecule is CNC(=O)C1COCCN1c1ccccc1C=O. The highest BCUT2D eigenvalue weighted by atomic mass is 16.5. The molecule has 0 aliphatic carbocycles. The van der Waals surface area contributed by atoms with Crippen LogP contribution in [0.4, 0.5) is 5.69 Å². The van der Waals surface area contributed by atoms with Crippen LogP contribution in [0.1, 0.15) is 10.4 Å². The van der Waals surface area contributed by atoms with Crippen LogP contribution in [-0.4, -0.2) is 45.0 Å². The smallest absolute Gasteiger partial charge is 0.244 e. The van der Waals surface area contributed by atoms with Crippen molar-refractivity contribution in [3.8, 4) is 0 Å². The van der Waals surface area contributed by atoms with Crippen LogP contribution in [0.2, 0.25) is 0 Å². The minimum absolute atomic E-state index is 0.101. The number of hydrogen-bond donors (Lipinski definition) is 1. The summed E-state index contributed by atoms with van der Waals surface area (Å²) in [5.74, 6) is -0.101. The average Bonchev–Trinajstić information content (AvgIpc) is 2.46. The molecule has 5 nitrogen and oxygen atoms in total.